The third-order valence-corrected chi connectivity index (χ3v) is 3.71. The zero-order valence-corrected chi connectivity index (χ0v) is 11.8. The standard InChI is InChI=1S/C12H20N2O3S/c1-5-10(4)14-18(15,16)12-7-6-11(17-12)8-13-9(2)3/h5-7,9-10,13-14H,1,8H2,2-4H3. The summed E-state index contributed by atoms with van der Waals surface area (Å²) in [5.74, 6) is 0.593. The molecule has 0 saturated heterocycles. The Morgan fingerprint density at radius 2 is 2.06 bits per heavy atom. The molecule has 0 aliphatic heterocycles. The van der Waals surface area contributed by atoms with E-state index in [-0.39, 0.29) is 11.1 Å². The molecule has 18 heavy (non-hydrogen) atoms. The van der Waals surface area contributed by atoms with E-state index < -0.39 is 10.0 Å². The van der Waals surface area contributed by atoms with Crippen molar-refractivity contribution in [2.45, 2.75) is 44.5 Å². The summed E-state index contributed by atoms with van der Waals surface area (Å²) in [4.78, 5) is 0. The highest BCUT2D eigenvalue weighted by molar-refractivity contribution is 7.89. The van der Waals surface area contributed by atoms with Crippen molar-refractivity contribution < 1.29 is 12.8 Å². The lowest BCUT2D eigenvalue weighted by Crippen LogP contribution is -2.30. The highest BCUT2D eigenvalue weighted by Gasteiger charge is 2.20. The molecule has 0 radical (unpaired) electrons. The maximum atomic E-state index is 11.9. The van der Waals surface area contributed by atoms with Gasteiger partial charge in [-0.05, 0) is 19.1 Å². The van der Waals surface area contributed by atoms with E-state index in [4.69, 9.17) is 4.42 Å². The van der Waals surface area contributed by atoms with Crippen LogP contribution in [-0.2, 0) is 16.6 Å². The first kappa shape index (κ1) is 14.9. The van der Waals surface area contributed by atoms with Gasteiger partial charge in [0.1, 0.15) is 5.76 Å². The molecule has 0 aromatic carbocycles. The van der Waals surface area contributed by atoms with Crippen molar-refractivity contribution >= 4 is 10.0 Å². The summed E-state index contributed by atoms with van der Waals surface area (Å²) in [5, 5.41) is 3.08. The summed E-state index contributed by atoms with van der Waals surface area (Å²) < 4.78 is 31.5. The van der Waals surface area contributed by atoms with Crippen LogP contribution in [0.1, 0.15) is 26.5 Å². The molecule has 1 aromatic heterocycles. The van der Waals surface area contributed by atoms with Crippen LogP contribution in [0.15, 0.2) is 34.3 Å². The molecule has 6 heteroatoms. The van der Waals surface area contributed by atoms with E-state index in [1.54, 1.807) is 13.0 Å². The minimum atomic E-state index is -3.61. The molecule has 0 bridgehead atoms. The molecule has 1 heterocycles. The van der Waals surface area contributed by atoms with Gasteiger partial charge in [-0.1, -0.05) is 19.9 Å². The normalized spacial score (nSPS) is 13.8. The van der Waals surface area contributed by atoms with Gasteiger partial charge in [0.25, 0.3) is 10.0 Å². The van der Waals surface area contributed by atoms with E-state index in [0.29, 0.717) is 18.3 Å². The van der Waals surface area contributed by atoms with Crippen LogP contribution < -0.4 is 10.0 Å². The van der Waals surface area contributed by atoms with E-state index in [1.807, 2.05) is 13.8 Å². The molecule has 5 nitrogen and oxygen atoms in total. The Kier molecular flexibility index (Phi) is 5.13. The summed E-state index contributed by atoms with van der Waals surface area (Å²) in [6.07, 6.45) is 1.52. The van der Waals surface area contributed by atoms with Gasteiger partial charge in [-0.3, -0.25) is 0 Å². The van der Waals surface area contributed by atoms with E-state index in [0.717, 1.165) is 0 Å². The number of nitrogens with one attached hydrogen (secondary N) is 2. The van der Waals surface area contributed by atoms with Gasteiger partial charge in [0.2, 0.25) is 5.09 Å². The Balaban J connectivity index is 2.75. The van der Waals surface area contributed by atoms with Crippen LogP contribution in [0.3, 0.4) is 0 Å². The van der Waals surface area contributed by atoms with Crippen LogP contribution in [0, 0.1) is 0 Å². The molecule has 0 spiro atoms. The summed E-state index contributed by atoms with van der Waals surface area (Å²) in [7, 11) is -3.61. The third-order valence-electron chi connectivity index (χ3n) is 2.28. The second-order valence-electron chi connectivity index (χ2n) is 4.40. The summed E-state index contributed by atoms with van der Waals surface area (Å²) in [6, 6.07) is 3.09. The molecule has 1 unspecified atom stereocenters. The van der Waals surface area contributed by atoms with Gasteiger partial charge in [-0.15, -0.1) is 6.58 Å². The van der Waals surface area contributed by atoms with Crippen molar-refractivity contribution in [1.29, 1.82) is 0 Å². The largest absolute Gasteiger partial charge is 0.447 e. The van der Waals surface area contributed by atoms with Crippen LogP contribution in [0.4, 0.5) is 0 Å². The average Bonchev–Trinajstić information content (AvgIpc) is 2.75. The molecular weight excluding hydrogens is 252 g/mol. The first-order valence-electron chi connectivity index (χ1n) is 5.82. The number of rotatable bonds is 7. The first-order chi connectivity index (χ1) is 8.35. The molecule has 0 saturated carbocycles. The van der Waals surface area contributed by atoms with Crippen LogP contribution >= 0.6 is 0 Å². The molecule has 1 atom stereocenters. The number of furan rings is 1. The Hall–Kier alpha value is -1.11. The first-order valence-corrected chi connectivity index (χ1v) is 7.30. The minimum Gasteiger partial charge on any atom is -0.447 e. The fourth-order valence-corrected chi connectivity index (χ4v) is 2.42. The topological polar surface area (TPSA) is 71.3 Å². The lowest BCUT2D eigenvalue weighted by Gasteiger charge is -2.08. The maximum absolute atomic E-state index is 11.9. The lowest BCUT2D eigenvalue weighted by atomic mass is 10.3. The second-order valence-corrected chi connectivity index (χ2v) is 6.05. The Morgan fingerprint density at radius 1 is 1.39 bits per heavy atom. The summed E-state index contributed by atoms with van der Waals surface area (Å²) >= 11 is 0. The number of sulfonamides is 1. The maximum Gasteiger partial charge on any atom is 0.274 e. The molecule has 0 fully saturated rings. The van der Waals surface area contributed by atoms with E-state index >= 15 is 0 Å². The van der Waals surface area contributed by atoms with Gasteiger partial charge in [-0.2, -0.15) is 0 Å². The van der Waals surface area contributed by atoms with E-state index in [2.05, 4.69) is 16.6 Å². The van der Waals surface area contributed by atoms with Crippen molar-refractivity contribution in [2.24, 2.45) is 0 Å². The van der Waals surface area contributed by atoms with Crippen LogP contribution in [0.5, 0.6) is 0 Å². The predicted octanol–water partition coefficient (Wildman–Crippen LogP) is 1.63. The number of hydrogen-bond acceptors (Lipinski definition) is 4. The minimum absolute atomic E-state index is 0.0724. The Morgan fingerprint density at radius 3 is 2.61 bits per heavy atom. The van der Waals surface area contributed by atoms with Gasteiger partial charge in [0.15, 0.2) is 0 Å². The fraction of sp³-hybridized carbons (Fsp3) is 0.500. The molecule has 1 aromatic rings. The molecule has 0 amide bonds. The Bertz CT molecular complexity index is 491. The molecule has 102 valence electrons. The highest BCUT2D eigenvalue weighted by Crippen LogP contribution is 2.14. The van der Waals surface area contributed by atoms with Gasteiger partial charge < -0.3 is 9.73 Å². The quantitative estimate of drug-likeness (QED) is 0.740. The molecule has 1 rings (SSSR count). The molecule has 0 aliphatic rings. The van der Waals surface area contributed by atoms with Gasteiger partial charge in [-0.25, -0.2) is 13.1 Å². The smallest absolute Gasteiger partial charge is 0.274 e. The summed E-state index contributed by atoms with van der Waals surface area (Å²) in [6.45, 7) is 9.75. The zero-order chi connectivity index (χ0) is 13.8. The monoisotopic (exact) mass is 272 g/mol. The van der Waals surface area contributed by atoms with Gasteiger partial charge >= 0.3 is 0 Å². The molecule has 0 aliphatic carbocycles. The van der Waals surface area contributed by atoms with Gasteiger partial charge in [0, 0.05) is 12.1 Å². The average molecular weight is 272 g/mol. The van der Waals surface area contributed by atoms with Gasteiger partial charge in [0.05, 0.1) is 6.54 Å². The van der Waals surface area contributed by atoms with Crippen LogP contribution in [0.2, 0.25) is 0 Å². The van der Waals surface area contributed by atoms with Crippen molar-refractivity contribution in [3.05, 3.63) is 30.5 Å². The van der Waals surface area contributed by atoms with E-state index in [1.165, 1.54) is 12.1 Å². The zero-order valence-electron chi connectivity index (χ0n) is 10.9. The summed E-state index contributed by atoms with van der Waals surface area (Å²) in [5.41, 5.74) is 0. The number of hydrogen-bond donors (Lipinski definition) is 2. The SMILES string of the molecule is C=CC(C)NS(=O)(=O)c1ccc(CNC(C)C)o1. The molecular formula is C12H20N2O3S. The van der Waals surface area contributed by atoms with Crippen molar-refractivity contribution in [2.75, 3.05) is 0 Å². The van der Waals surface area contributed by atoms with Crippen molar-refractivity contribution in [3.63, 3.8) is 0 Å². The van der Waals surface area contributed by atoms with Crippen molar-refractivity contribution in [1.82, 2.24) is 10.0 Å². The highest BCUT2D eigenvalue weighted by atomic mass is 32.2. The Labute approximate surface area is 108 Å². The predicted molar refractivity (Wildman–Crippen MR) is 70.7 cm³/mol. The molecule has 2 N–H and O–H groups in total. The van der Waals surface area contributed by atoms with E-state index in [9.17, 15) is 8.42 Å². The fourth-order valence-electron chi connectivity index (χ4n) is 1.25. The van der Waals surface area contributed by atoms with Crippen LogP contribution in [0.25, 0.3) is 0 Å². The van der Waals surface area contributed by atoms with Crippen LogP contribution in [-0.4, -0.2) is 20.5 Å². The lowest BCUT2D eigenvalue weighted by molar-refractivity contribution is 0.392. The van der Waals surface area contributed by atoms with Crippen molar-refractivity contribution in [3.8, 4) is 0 Å². The third kappa shape index (κ3) is 4.29. The second kappa shape index (κ2) is 6.17.